The number of hydrogen-bond donors (Lipinski definition) is 1. The number of nitrogens with one attached hydrogen (secondary N) is 1. The Kier molecular flexibility index (Phi) is 8.43. The molecule has 2 atom stereocenters. The molecule has 2 aromatic carbocycles. The summed E-state index contributed by atoms with van der Waals surface area (Å²) in [6.45, 7) is 1.65. The van der Waals surface area contributed by atoms with Crippen molar-refractivity contribution in [2.24, 2.45) is 4.99 Å². The number of aliphatic imine (C=N–C) groups is 1. The zero-order chi connectivity index (χ0) is 24.0. The van der Waals surface area contributed by atoms with Crippen LogP contribution in [0.15, 0.2) is 65.7 Å². The molecule has 2 unspecified atom stereocenters. The quantitative estimate of drug-likeness (QED) is 0.655. The fourth-order valence-electron chi connectivity index (χ4n) is 3.58. The van der Waals surface area contributed by atoms with Gasteiger partial charge in [-0.15, -0.1) is 0 Å². The minimum atomic E-state index is -0.546. The number of amides is 3. The third kappa shape index (κ3) is 6.10. The highest BCUT2D eigenvalue weighted by Gasteiger charge is 2.46. The molecule has 0 aliphatic carbocycles. The largest absolute Gasteiger partial charge is 0.367 e. The molecule has 0 bridgehead atoms. The zero-order valence-electron chi connectivity index (χ0n) is 19.3. The van der Waals surface area contributed by atoms with Gasteiger partial charge in [0.2, 0.25) is 0 Å². The van der Waals surface area contributed by atoms with Gasteiger partial charge in [-0.3, -0.25) is 9.69 Å². The molecule has 9 heteroatoms. The van der Waals surface area contributed by atoms with Gasteiger partial charge in [-0.1, -0.05) is 60.7 Å². The molecule has 2 aliphatic heterocycles. The standard InChI is InChI=1S/C17H21NO.C7H9ClN4O2/c1-18(2)13-14-19-17(15-9-5-3-6-10-15)16-11-7-4-8-12-16;1-11-4-3(9-6(8)10-4)5(13)12(2)7(11)14/h3-12,17H,13-14H2,1-2H3;3-4H,1-2H3,(H,9,10). The van der Waals surface area contributed by atoms with Crippen LogP contribution >= 0.6 is 11.6 Å². The Balaban J connectivity index is 0.000000194. The first kappa shape index (κ1) is 24.7. The van der Waals surface area contributed by atoms with Crippen LogP contribution in [0.5, 0.6) is 0 Å². The van der Waals surface area contributed by atoms with Crippen LogP contribution in [-0.4, -0.2) is 85.5 Å². The molecule has 1 N–H and O–H groups in total. The van der Waals surface area contributed by atoms with Crippen LogP contribution in [0.2, 0.25) is 0 Å². The molecule has 8 nitrogen and oxygen atoms in total. The molecule has 2 aromatic rings. The van der Waals surface area contributed by atoms with E-state index in [4.69, 9.17) is 16.3 Å². The minimum Gasteiger partial charge on any atom is -0.367 e. The molecule has 0 radical (unpaired) electrons. The molecule has 2 heterocycles. The highest BCUT2D eigenvalue weighted by atomic mass is 35.5. The Hall–Kier alpha value is -2.94. The van der Waals surface area contributed by atoms with E-state index in [0.29, 0.717) is 0 Å². The Labute approximate surface area is 199 Å². The van der Waals surface area contributed by atoms with E-state index in [1.165, 1.54) is 23.1 Å². The summed E-state index contributed by atoms with van der Waals surface area (Å²) in [5.74, 6) is -0.308. The van der Waals surface area contributed by atoms with Crippen molar-refractivity contribution in [3.05, 3.63) is 71.8 Å². The molecule has 4 rings (SSSR count). The second-order valence-electron chi connectivity index (χ2n) is 8.12. The van der Waals surface area contributed by atoms with E-state index >= 15 is 0 Å². The fraction of sp³-hybridized carbons (Fsp3) is 0.375. The number of likely N-dealkylation sites (N-methyl/N-ethyl adjacent to an activating group) is 3. The second-order valence-corrected chi connectivity index (χ2v) is 8.48. The van der Waals surface area contributed by atoms with E-state index in [1.54, 1.807) is 7.05 Å². The highest BCUT2D eigenvalue weighted by Crippen LogP contribution is 2.25. The topological polar surface area (TPSA) is 77.5 Å². The average Bonchev–Trinajstić information content (AvgIpc) is 3.22. The summed E-state index contributed by atoms with van der Waals surface area (Å²) in [5, 5.41) is 2.89. The Morgan fingerprint density at radius 3 is 2.09 bits per heavy atom. The van der Waals surface area contributed by atoms with E-state index in [-0.39, 0.29) is 23.3 Å². The number of benzene rings is 2. The second kappa shape index (κ2) is 11.3. The lowest BCUT2D eigenvalue weighted by atomic mass is 10.0. The summed E-state index contributed by atoms with van der Waals surface area (Å²) in [6.07, 6.45) is -0.499. The first-order valence-electron chi connectivity index (χ1n) is 10.7. The summed E-state index contributed by atoms with van der Waals surface area (Å²) >= 11 is 5.64. The summed E-state index contributed by atoms with van der Waals surface area (Å²) in [5.41, 5.74) is 2.40. The number of ether oxygens (including phenoxy) is 1. The maximum atomic E-state index is 11.6. The first-order valence-corrected chi connectivity index (χ1v) is 11.1. The molecule has 1 saturated heterocycles. The van der Waals surface area contributed by atoms with Gasteiger partial charge in [0, 0.05) is 20.6 Å². The van der Waals surface area contributed by atoms with Crippen LogP contribution < -0.4 is 5.32 Å². The SMILES string of the molecule is CN(C)CCOC(c1ccccc1)c1ccccc1.CN1C(=O)C2NC(Cl)=NC2N(C)C1=O. The summed E-state index contributed by atoms with van der Waals surface area (Å²) in [7, 11) is 7.14. The number of rotatable bonds is 6. The van der Waals surface area contributed by atoms with Crippen LogP contribution in [0, 0.1) is 0 Å². The third-order valence-electron chi connectivity index (χ3n) is 5.43. The summed E-state index contributed by atoms with van der Waals surface area (Å²) in [6, 6.07) is 19.9. The molecule has 3 amide bonds. The normalized spacial score (nSPS) is 19.8. The molecule has 0 aromatic heterocycles. The van der Waals surface area contributed by atoms with Gasteiger partial charge in [-0.25, -0.2) is 9.79 Å². The number of nitrogens with zero attached hydrogens (tertiary/aromatic N) is 4. The van der Waals surface area contributed by atoms with Crippen LogP contribution in [-0.2, 0) is 9.53 Å². The van der Waals surface area contributed by atoms with Gasteiger partial charge in [0.25, 0.3) is 5.91 Å². The summed E-state index contributed by atoms with van der Waals surface area (Å²) in [4.78, 5) is 31.6. The Morgan fingerprint density at radius 2 is 1.58 bits per heavy atom. The number of hydrogen-bond acceptors (Lipinski definition) is 6. The number of halogens is 1. The Morgan fingerprint density at radius 1 is 1.03 bits per heavy atom. The van der Waals surface area contributed by atoms with Gasteiger partial charge in [-0.2, -0.15) is 0 Å². The number of fused-ring (bicyclic) bond motifs is 1. The Bertz CT molecular complexity index is 931. The van der Waals surface area contributed by atoms with Crippen LogP contribution in [0.3, 0.4) is 0 Å². The molecular weight excluding hydrogens is 442 g/mol. The first-order chi connectivity index (χ1) is 15.8. The predicted octanol–water partition coefficient (Wildman–Crippen LogP) is 2.76. The van der Waals surface area contributed by atoms with Crippen molar-refractivity contribution in [2.45, 2.75) is 18.3 Å². The van der Waals surface area contributed by atoms with Crippen LogP contribution in [0.25, 0.3) is 0 Å². The van der Waals surface area contributed by atoms with Gasteiger partial charge in [0.15, 0.2) is 11.5 Å². The zero-order valence-corrected chi connectivity index (χ0v) is 20.1. The van der Waals surface area contributed by atoms with E-state index in [9.17, 15) is 9.59 Å². The van der Waals surface area contributed by atoms with Gasteiger partial charge < -0.3 is 19.9 Å². The van der Waals surface area contributed by atoms with E-state index in [0.717, 1.165) is 18.1 Å². The van der Waals surface area contributed by atoms with E-state index in [1.807, 2.05) is 12.1 Å². The maximum Gasteiger partial charge on any atom is 0.328 e. The average molecular weight is 472 g/mol. The lowest BCUT2D eigenvalue weighted by Gasteiger charge is -2.36. The lowest BCUT2D eigenvalue weighted by molar-refractivity contribution is -0.133. The molecule has 2 aliphatic rings. The van der Waals surface area contributed by atoms with Gasteiger partial charge in [0.1, 0.15) is 12.1 Å². The minimum absolute atomic E-state index is 0.0161. The van der Waals surface area contributed by atoms with Gasteiger partial charge in [0.05, 0.1) is 6.61 Å². The van der Waals surface area contributed by atoms with Crippen molar-refractivity contribution in [3.63, 3.8) is 0 Å². The van der Waals surface area contributed by atoms with Gasteiger partial charge >= 0.3 is 6.03 Å². The van der Waals surface area contributed by atoms with E-state index < -0.39 is 12.2 Å². The number of imide groups is 1. The molecule has 0 spiro atoms. The number of carbonyl (C=O) groups is 2. The monoisotopic (exact) mass is 471 g/mol. The highest BCUT2D eigenvalue weighted by molar-refractivity contribution is 6.65. The molecular formula is C24H30ClN5O3. The number of urea groups is 1. The number of amidine groups is 1. The molecule has 0 saturated carbocycles. The van der Waals surface area contributed by atoms with Crippen LogP contribution in [0.1, 0.15) is 17.2 Å². The van der Waals surface area contributed by atoms with Crippen molar-refractivity contribution in [3.8, 4) is 0 Å². The van der Waals surface area contributed by atoms with Crippen molar-refractivity contribution in [1.29, 1.82) is 0 Å². The van der Waals surface area contributed by atoms with Crippen molar-refractivity contribution < 1.29 is 14.3 Å². The molecule has 176 valence electrons. The number of carbonyl (C=O) groups excluding carboxylic acids is 2. The summed E-state index contributed by atoms with van der Waals surface area (Å²) < 4.78 is 6.08. The van der Waals surface area contributed by atoms with Crippen molar-refractivity contribution in [1.82, 2.24) is 20.0 Å². The maximum absolute atomic E-state index is 11.6. The predicted molar refractivity (Wildman–Crippen MR) is 129 cm³/mol. The van der Waals surface area contributed by atoms with E-state index in [2.05, 4.69) is 77.8 Å². The van der Waals surface area contributed by atoms with Crippen molar-refractivity contribution in [2.75, 3.05) is 41.3 Å². The molecule has 33 heavy (non-hydrogen) atoms. The third-order valence-corrected chi connectivity index (χ3v) is 5.63. The fourth-order valence-corrected chi connectivity index (χ4v) is 3.79. The van der Waals surface area contributed by atoms with Crippen LogP contribution in [0.4, 0.5) is 4.79 Å². The van der Waals surface area contributed by atoms with Gasteiger partial charge in [-0.05, 0) is 36.8 Å². The molecule has 1 fully saturated rings. The smallest absolute Gasteiger partial charge is 0.328 e. The van der Waals surface area contributed by atoms with Crippen molar-refractivity contribution >= 4 is 28.8 Å². The lowest BCUT2D eigenvalue weighted by Crippen LogP contribution is -2.63.